The highest BCUT2D eigenvalue weighted by atomic mass is 35.5. The Bertz CT molecular complexity index is 485. The number of hydrogen-bond acceptors (Lipinski definition) is 3. The number of benzene rings is 1. The highest BCUT2D eigenvalue weighted by molar-refractivity contribution is 6.43. The zero-order valence-electron chi connectivity index (χ0n) is 11.1. The number of carbonyl (C=O) groups excluding carboxylic acids is 1. The van der Waals surface area contributed by atoms with Gasteiger partial charge < -0.3 is 15.7 Å². The van der Waals surface area contributed by atoms with Crippen LogP contribution >= 0.6 is 23.2 Å². The molecule has 3 N–H and O–H groups in total. The lowest BCUT2D eigenvalue weighted by Crippen LogP contribution is -2.35. The summed E-state index contributed by atoms with van der Waals surface area (Å²) in [6.07, 6.45) is 3.48. The van der Waals surface area contributed by atoms with E-state index >= 15 is 0 Å². The van der Waals surface area contributed by atoms with Crippen LogP contribution in [0.1, 0.15) is 36.0 Å². The van der Waals surface area contributed by atoms with Crippen molar-refractivity contribution in [3.8, 4) is 0 Å². The summed E-state index contributed by atoms with van der Waals surface area (Å²) < 4.78 is 0. The molecule has 1 amide bonds. The van der Waals surface area contributed by atoms with E-state index in [9.17, 15) is 4.79 Å². The Morgan fingerprint density at radius 1 is 1.45 bits per heavy atom. The average molecular weight is 317 g/mol. The number of halogens is 2. The van der Waals surface area contributed by atoms with E-state index < -0.39 is 0 Å². The van der Waals surface area contributed by atoms with Crippen molar-refractivity contribution in [1.82, 2.24) is 4.90 Å². The Kier molecular flexibility index (Phi) is 5.13. The number of anilines is 1. The molecule has 20 heavy (non-hydrogen) atoms. The fourth-order valence-electron chi connectivity index (χ4n) is 2.63. The van der Waals surface area contributed by atoms with E-state index in [0.29, 0.717) is 22.7 Å². The van der Waals surface area contributed by atoms with Crippen molar-refractivity contribution >= 4 is 34.8 Å². The Labute approximate surface area is 128 Å². The van der Waals surface area contributed by atoms with E-state index in [0.717, 1.165) is 25.8 Å². The average Bonchev–Trinajstić information content (AvgIpc) is 2.89. The van der Waals surface area contributed by atoms with Gasteiger partial charge in [0.15, 0.2) is 0 Å². The van der Waals surface area contributed by atoms with Crippen molar-refractivity contribution in [3.05, 3.63) is 27.7 Å². The third-order valence-corrected chi connectivity index (χ3v) is 4.45. The Morgan fingerprint density at radius 2 is 2.20 bits per heavy atom. The predicted molar refractivity (Wildman–Crippen MR) is 81.3 cm³/mol. The number of rotatable bonds is 4. The highest BCUT2D eigenvalue weighted by Gasteiger charge is 2.29. The molecular weight excluding hydrogens is 299 g/mol. The van der Waals surface area contributed by atoms with E-state index in [1.807, 2.05) is 4.90 Å². The maximum Gasteiger partial charge on any atom is 0.254 e. The van der Waals surface area contributed by atoms with Gasteiger partial charge in [-0.05, 0) is 37.8 Å². The number of nitrogens with two attached hydrogens (primary N) is 1. The molecule has 0 bridgehead atoms. The van der Waals surface area contributed by atoms with Gasteiger partial charge in [-0.25, -0.2) is 0 Å². The third kappa shape index (κ3) is 3.19. The standard InChI is InChI=1S/C14H18Cl2N2O2/c15-11-7-9(8-12(17)13(11)16)14(20)18-5-1-3-10(18)4-2-6-19/h7-8,10,19H,1-6,17H2. The topological polar surface area (TPSA) is 66.6 Å². The van der Waals surface area contributed by atoms with Gasteiger partial charge in [-0.3, -0.25) is 4.79 Å². The summed E-state index contributed by atoms with van der Waals surface area (Å²) in [4.78, 5) is 14.4. The van der Waals surface area contributed by atoms with Crippen molar-refractivity contribution in [2.45, 2.75) is 31.7 Å². The molecule has 2 rings (SSSR count). The maximum atomic E-state index is 12.5. The van der Waals surface area contributed by atoms with Crippen LogP contribution in [0.2, 0.25) is 10.0 Å². The summed E-state index contributed by atoms with van der Waals surface area (Å²) >= 11 is 11.9. The lowest BCUT2D eigenvalue weighted by Gasteiger charge is -2.25. The predicted octanol–water partition coefficient (Wildman–Crippen LogP) is 2.95. The second-order valence-corrected chi connectivity index (χ2v) is 5.81. The summed E-state index contributed by atoms with van der Waals surface area (Å²) in [5, 5.41) is 9.49. The summed E-state index contributed by atoms with van der Waals surface area (Å²) in [5.74, 6) is -0.0734. The number of nitrogen functional groups attached to an aromatic ring is 1. The lowest BCUT2D eigenvalue weighted by atomic mass is 10.1. The summed E-state index contributed by atoms with van der Waals surface area (Å²) in [7, 11) is 0. The smallest absolute Gasteiger partial charge is 0.254 e. The number of aliphatic hydroxyl groups excluding tert-OH is 1. The van der Waals surface area contributed by atoms with Gasteiger partial charge in [0.25, 0.3) is 5.91 Å². The van der Waals surface area contributed by atoms with E-state index in [-0.39, 0.29) is 23.6 Å². The van der Waals surface area contributed by atoms with E-state index in [1.54, 1.807) is 12.1 Å². The maximum absolute atomic E-state index is 12.5. The van der Waals surface area contributed by atoms with Crippen molar-refractivity contribution in [2.24, 2.45) is 0 Å². The van der Waals surface area contributed by atoms with Gasteiger partial charge in [0.1, 0.15) is 0 Å². The second-order valence-electron chi connectivity index (χ2n) is 5.02. The molecule has 1 fully saturated rings. The molecular formula is C14H18Cl2N2O2. The summed E-state index contributed by atoms with van der Waals surface area (Å²) in [6.45, 7) is 0.882. The van der Waals surface area contributed by atoms with Gasteiger partial charge in [-0.15, -0.1) is 0 Å². The van der Waals surface area contributed by atoms with Crippen LogP contribution in [0, 0.1) is 0 Å². The molecule has 0 radical (unpaired) electrons. The molecule has 110 valence electrons. The molecule has 1 atom stereocenters. The van der Waals surface area contributed by atoms with Crippen molar-refractivity contribution in [3.63, 3.8) is 0 Å². The van der Waals surface area contributed by atoms with Crippen LogP contribution in [-0.4, -0.2) is 35.1 Å². The van der Waals surface area contributed by atoms with Gasteiger partial charge in [0, 0.05) is 24.8 Å². The van der Waals surface area contributed by atoms with E-state index in [2.05, 4.69) is 0 Å². The largest absolute Gasteiger partial charge is 0.397 e. The van der Waals surface area contributed by atoms with Crippen LogP contribution < -0.4 is 5.73 Å². The van der Waals surface area contributed by atoms with Crippen LogP contribution in [-0.2, 0) is 0 Å². The lowest BCUT2D eigenvalue weighted by molar-refractivity contribution is 0.0724. The minimum Gasteiger partial charge on any atom is -0.397 e. The first-order valence-electron chi connectivity index (χ1n) is 6.71. The quantitative estimate of drug-likeness (QED) is 0.839. The van der Waals surface area contributed by atoms with Gasteiger partial charge in [-0.2, -0.15) is 0 Å². The molecule has 1 aromatic carbocycles. The Hall–Kier alpha value is -0.970. The molecule has 1 aliphatic heterocycles. The first-order valence-corrected chi connectivity index (χ1v) is 7.46. The molecule has 0 aliphatic carbocycles. The molecule has 0 saturated carbocycles. The number of carbonyl (C=O) groups is 1. The summed E-state index contributed by atoms with van der Waals surface area (Å²) in [6, 6.07) is 3.31. The summed E-state index contributed by atoms with van der Waals surface area (Å²) in [5.41, 5.74) is 6.53. The normalized spacial score (nSPS) is 18.6. The number of likely N-dealkylation sites (tertiary alicyclic amines) is 1. The Morgan fingerprint density at radius 3 is 2.85 bits per heavy atom. The second kappa shape index (κ2) is 6.66. The molecule has 1 saturated heterocycles. The van der Waals surface area contributed by atoms with Crippen molar-refractivity contribution in [2.75, 3.05) is 18.9 Å². The van der Waals surface area contributed by atoms with Crippen LogP contribution in [0.15, 0.2) is 12.1 Å². The van der Waals surface area contributed by atoms with Gasteiger partial charge in [0.2, 0.25) is 0 Å². The van der Waals surface area contributed by atoms with Crippen LogP contribution in [0.3, 0.4) is 0 Å². The highest BCUT2D eigenvalue weighted by Crippen LogP contribution is 2.31. The van der Waals surface area contributed by atoms with Gasteiger partial charge >= 0.3 is 0 Å². The van der Waals surface area contributed by atoms with E-state index in [4.69, 9.17) is 34.0 Å². The first kappa shape index (κ1) is 15.4. The van der Waals surface area contributed by atoms with Crippen LogP contribution in [0.25, 0.3) is 0 Å². The molecule has 4 nitrogen and oxygen atoms in total. The third-order valence-electron chi connectivity index (χ3n) is 3.64. The number of amides is 1. The number of nitrogens with zero attached hydrogens (tertiary/aromatic N) is 1. The first-order chi connectivity index (χ1) is 9.54. The molecule has 1 aromatic rings. The zero-order valence-corrected chi connectivity index (χ0v) is 12.6. The minimum absolute atomic E-state index is 0.0734. The van der Waals surface area contributed by atoms with Crippen LogP contribution in [0.5, 0.6) is 0 Å². The monoisotopic (exact) mass is 316 g/mol. The fourth-order valence-corrected chi connectivity index (χ4v) is 2.97. The van der Waals surface area contributed by atoms with E-state index in [1.165, 1.54) is 0 Å². The fraction of sp³-hybridized carbons (Fsp3) is 0.500. The minimum atomic E-state index is -0.0734. The van der Waals surface area contributed by atoms with Crippen LogP contribution in [0.4, 0.5) is 5.69 Å². The molecule has 0 spiro atoms. The van der Waals surface area contributed by atoms with Gasteiger partial charge in [0.05, 0.1) is 15.7 Å². The molecule has 1 heterocycles. The van der Waals surface area contributed by atoms with Gasteiger partial charge in [-0.1, -0.05) is 23.2 Å². The van der Waals surface area contributed by atoms with Crippen molar-refractivity contribution < 1.29 is 9.90 Å². The zero-order chi connectivity index (χ0) is 14.7. The molecule has 0 aromatic heterocycles. The SMILES string of the molecule is Nc1cc(C(=O)N2CCCC2CCCO)cc(Cl)c1Cl. The number of aliphatic hydroxyl groups is 1. The molecule has 1 aliphatic rings. The molecule has 1 unspecified atom stereocenters. The Balaban J connectivity index is 2.18. The number of hydrogen-bond donors (Lipinski definition) is 2. The molecule has 6 heteroatoms. The van der Waals surface area contributed by atoms with Crippen molar-refractivity contribution in [1.29, 1.82) is 0 Å².